The highest BCUT2D eigenvalue weighted by Crippen LogP contribution is 2.28. The van der Waals surface area contributed by atoms with E-state index in [1.165, 1.54) is 0 Å². The quantitative estimate of drug-likeness (QED) is 0.802. The van der Waals surface area contributed by atoms with E-state index >= 15 is 0 Å². The summed E-state index contributed by atoms with van der Waals surface area (Å²) in [6, 6.07) is 16.0. The van der Waals surface area contributed by atoms with E-state index in [9.17, 15) is 5.11 Å². The third-order valence-corrected chi connectivity index (χ3v) is 4.74. The molecule has 1 saturated heterocycles. The van der Waals surface area contributed by atoms with Crippen LogP contribution in [0.1, 0.15) is 12.0 Å². The highest BCUT2D eigenvalue weighted by Gasteiger charge is 2.25. The Morgan fingerprint density at radius 3 is 2.70 bits per heavy atom. The Hall–Kier alpha value is -2.04. The molecular weight excluding hydrogens is 310 g/mol. The minimum absolute atomic E-state index is 0.274. The number of imidazole rings is 1. The second kappa shape index (κ2) is 5.87. The van der Waals surface area contributed by atoms with E-state index < -0.39 is 0 Å². The Bertz CT molecular complexity index is 845. The van der Waals surface area contributed by atoms with Crippen LogP contribution in [-0.2, 0) is 6.54 Å². The van der Waals surface area contributed by atoms with Crippen molar-refractivity contribution in [1.29, 1.82) is 0 Å². The number of aromatic nitrogens is 2. The second-order valence-corrected chi connectivity index (χ2v) is 6.37. The van der Waals surface area contributed by atoms with Crippen molar-refractivity contribution in [3.05, 3.63) is 59.1 Å². The first-order chi connectivity index (χ1) is 11.2. The van der Waals surface area contributed by atoms with Gasteiger partial charge in [0.05, 0.1) is 23.7 Å². The number of para-hydroxylation sites is 2. The fourth-order valence-corrected chi connectivity index (χ4v) is 3.38. The average molecular weight is 328 g/mol. The number of fused-ring (bicyclic) bond motifs is 1. The van der Waals surface area contributed by atoms with E-state index in [1.54, 1.807) is 0 Å². The van der Waals surface area contributed by atoms with Gasteiger partial charge in [0.15, 0.2) is 0 Å². The van der Waals surface area contributed by atoms with Crippen molar-refractivity contribution in [3.63, 3.8) is 0 Å². The summed E-state index contributed by atoms with van der Waals surface area (Å²) in [5.74, 6) is 0.905. The van der Waals surface area contributed by atoms with Crippen LogP contribution >= 0.6 is 11.6 Å². The number of β-amino-alcohol motifs (C(OH)–C–C–N with tert-alkyl or cyclic N) is 1. The van der Waals surface area contributed by atoms with Gasteiger partial charge in [-0.05, 0) is 30.2 Å². The van der Waals surface area contributed by atoms with Gasteiger partial charge >= 0.3 is 0 Å². The highest BCUT2D eigenvalue weighted by atomic mass is 35.5. The molecule has 0 unspecified atom stereocenters. The van der Waals surface area contributed by atoms with Crippen LogP contribution in [0.5, 0.6) is 0 Å². The number of anilines is 1. The molecule has 2 heterocycles. The molecule has 0 amide bonds. The molecule has 1 aliphatic heterocycles. The molecular formula is C18H18ClN3O. The lowest BCUT2D eigenvalue weighted by Gasteiger charge is -2.19. The minimum atomic E-state index is -0.274. The Balaban J connectivity index is 1.81. The Kier molecular flexibility index (Phi) is 3.71. The van der Waals surface area contributed by atoms with Crippen LogP contribution in [0.15, 0.2) is 48.5 Å². The molecule has 0 bridgehead atoms. The average Bonchev–Trinajstić information content (AvgIpc) is 3.14. The molecule has 0 aliphatic carbocycles. The zero-order chi connectivity index (χ0) is 15.8. The van der Waals surface area contributed by atoms with Gasteiger partial charge in [0.1, 0.15) is 0 Å². The minimum Gasteiger partial charge on any atom is -0.391 e. The van der Waals surface area contributed by atoms with Gasteiger partial charge < -0.3 is 14.6 Å². The summed E-state index contributed by atoms with van der Waals surface area (Å²) in [5, 5.41) is 10.6. The summed E-state index contributed by atoms with van der Waals surface area (Å²) in [5.41, 5.74) is 3.12. The molecule has 1 aromatic heterocycles. The molecule has 5 heteroatoms. The van der Waals surface area contributed by atoms with Gasteiger partial charge in [-0.3, -0.25) is 0 Å². The van der Waals surface area contributed by atoms with Crippen molar-refractivity contribution < 1.29 is 5.11 Å². The number of aliphatic hydroxyl groups is 1. The zero-order valence-corrected chi connectivity index (χ0v) is 13.4. The van der Waals surface area contributed by atoms with Gasteiger partial charge in [-0.2, -0.15) is 0 Å². The number of halogens is 1. The van der Waals surface area contributed by atoms with Crippen molar-refractivity contribution >= 4 is 28.6 Å². The Morgan fingerprint density at radius 2 is 1.91 bits per heavy atom. The van der Waals surface area contributed by atoms with E-state index in [-0.39, 0.29) is 6.10 Å². The number of benzene rings is 2. The first-order valence-electron chi connectivity index (χ1n) is 7.84. The Morgan fingerprint density at radius 1 is 1.13 bits per heavy atom. The van der Waals surface area contributed by atoms with Gasteiger partial charge in [0.2, 0.25) is 5.95 Å². The van der Waals surface area contributed by atoms with E-state index in [0.717, 1.165) is 40.5 Å². The van der Waals surface area contributed by atoms with E-state index in [2.05, 4.69) is 15.5 Å². The van der Waals surface area contributed by atoms with Gasteiger partial charge in [0, 0.05) is 18.1 Å². The molecule has 1 N–H and O–H groups in total. The largest absolute Gasteiger partial charge is 0.391 e. The van der Waals surface area contributed by atoms with Crippen LogP contribution in [0.3, 0.4) is 0 Å². The van der Waals surface area contributed by atoms with Gasteiger partial charge in [-0.15, -0.1) is 0 Å². The van der Waals surface area contributed by atoms with Crippen LogP contribution in [-0.4, -0.2) is 33.9 Å². The molecule has 0 spiro atoms. The maximum atomic E-state index is 9.86. The van der Waals surface area contributed by atoms with Crippen LogP contribution in [0.25, 0.3) is 11.0 Å². The highest BCUT2D eigenvalue weighted by molar-refractivity contribution is 6.31. The zero-order valence-electron chi connectivity index (χ0n) is 12.7. The second-order valence-electron chi connectivity index (χ2n) is 5.97. The van der Waals surface area contributed by atoms with Gasteiger partial charge in [-0.25, -0.2) is 4.98 Å². The van der Waals surface area contributed by atoms with Gasteiger partial charge in [0.25, 0.3) is 0 Å². The number of nitrogens with zero attached hydrogens (tertiary/aromatic N) is 3. The molecule has 1 aliphatic rings. The molecule has 118 valence electrons. The van der Waals surface area contributed by atoms with E-state index in [1.807, 2.05) is 42.5 Å². The first kappa shape index (κ1) is 14.5. The molecule has 3 aromatic rings. The third-order valence-electron chi connectivity index (χ3n) is 4.37. The molecule has 4 rings (SSSR count). The maximum absolute atomic E-state index is 9.86. The molecule has 4 nitrogen and oxygen atoms in total. The molecule has 0 saturated carbocycles. The predicted octanol–water partition coefficient (Wildman–Crippen LogP) is 3.31. The smallest absolute Gasteiger partial charge is 0.206 e. The fraction of sp³-hybridized carbons (Fsp3) is 0.278. The standard InChI is InChI=1S/C18H18ClN3O/c19-15-6-2-1-5-13(15)11-22-17-8-4-3-7-16(17)20-18(22)21-10-9-14(23)12-21/h1-8,14,23H,9-12H2/t14-/m0/s1. The van der Waals surface area contributed by atoms with Crippen LogP contribution in [0, 0.1) is 0 Å². The summed E-state index contributed by atoms with van der Waals surface area (Å²) in [6.45, 7) is 2.13. The van der Waals surface area contributed by atoms with Crippen molar-refractivity contribution in [2.45, 2.75) is 19.1 Å². The summed E-state index contributed by atoms with van der Waals surface area (Å²) in [7, 11) is 0. The lowest BCUT2D eigenvalue weighted by Crippen LogP contribution is -2.25. The fourth-order valence-electron chi connectivity index (χ4n) is 3.18. The molecule has 23 heavy (non-hydrogen) atoms. The normalized spacial score (nSPS) is 18.0. The van der Waals surface area contributed by atoms with Crippen molar-refractivity contribution in [1.82, 2.24) is 9.55 Å². The maximum Gasteiger partial charge on any atom is 0.206 e. The molecule has 1 fully saturated rings. The molecule has 1 atom stereocenters. The number of hydrogen-bond donors (Lipinski definition) is 1. The van der Waals surface area contributed by atoms with Crippen molar-refractivity contribution in [2.75, 3.05) is 18.0 Å². The summed E-state index contributed by atoms with van der Waals surface area (Å²) in [4.78, 5) is 6.94. The number of rotatable bonds is 3. The van der Waals surface area contributed by atoms with Crippen LogP contribution in [0.2, 0.25) is 5.02 Å². The van der Waals surface area contributed by atoms with E-state index in [0.29, 0.717) is 13.1 Å². The van der Waals surface area contributed by atoms with Crippen molar-refractivity contribution in [3.8, 4) is 0 Å². The number of hydrogen-bond acceptors (Lipinski definition) is 3. The first-order valence-corrected chi connectivity index (χ1v) is 8.22. The van der Waals surface area contributed by atoms with Gasteiger partial charge in [-0.1, -0.05) is 41.9 Å². The van der Waals surface area contributed by atoms with Crippen molar-refractivity contribution in [2.24, 2.45) is 0 Å². The third kappa shape index (κ3) is 2.69. The summed E-state index contributed by atoms with van der Waals surface area (Å²) in [6.07, 6.45) is 0.513. The summed E-state index contributed by atoms with van der Waals surface area (Å²) < 4.78 is 2.19. The molecule has 2 aromatic carbocycles. The lowest BCUT2D eigenvalue weighted by molar-refractivity contribution is 0.198. The topological polar surface area (TPSA) is 41.3 Å². The SMILES string of the molecule is O[C@H]1CCN(c2nc3ccccc3n2Cc2ccccc2Cl)C1. The molecule has 0 radical (unpaired) electrons. The van der Waals surface area contributed by atoms with E-state index in [4.69, 9.17) is 16.6 Å². The van der Waals surface area contributed by atoms with Crippen LogP contribution < -0.4 is 4.90 Å². The predicted molar refractivity (Wildman–Crippen MR) is 93.1 cm³/mol. The lowest BCUT2D eigenvalue weighted by atomic mass is 10.2. The monoisotopic (exact) mass is 327 g/mol. The summed E-state index contributed by atoms with van der Waals surface area (Å²) >= 11 is 6.34. The number of aliphatic hydroxyl groups excluding tert-OH is 1. The Labute approximate surface area is 139 Å². The van der Waals surface area contributed by atoms with Crippen LogP contribution in [0.4, 0.5) is 5.95 Å².